The standard InChI is InChI=1S/C9H9Cl3O2S/c10-4-1-5-15(13,14)7-2-3-8(11)9(12)6-7/h2-3,6H,1,4-5H2. The van der Waals surface area contributed by atoms with Crippen LogP contribution < -0.4 is 0 Å². The molecule has 0 saturated heterocycles. The van der Waals surface area contributed by atoms with E-state index in [1.807, 2.05) is 0 Å². The molecule has 0 aliphatic carbocycles. The minimum atomic E-state index is -3.29. The average molecular weight is 288 g/mol. The van der Waals surface area contributed by atoms with Crippen LogP contribution in [0.25, 0.3) is 0 Å². The molecule has 0 fully saturated rings. The molecule has 15 heavy (non-hydrogen) atoms. The molecule has 0 atom stereocenters. The van der Waals surface area contributed by atoms with Gasteiger partial charge in [0.25, 0.3) is 0 Å². The third-order valence-electron chi connectivity index (χ3n) is 1.80. The highest BCUT2D eigenvalue weighted by molar-refractivity contribution is 7.91. The summed E-state index contributed by atoms with van der Waals surface area (Å²) in [6.07, 6.45) is 0.421. The molecular weight excluding hydrogens is 279 g/mol. The fourth-order valence-corrected chi connectivity index (χ4v) is 3.02. The molecule has 1 rings (SSSR count). The third-order valence-corrected chi connectivity index (χ3v) is 4.60. The van der Waals surface area contributed by atoms with Crippen LogP contribution in [0.2, 0.25) is 10.0 Å². The van der Waals surface area contributed by atoms with E-state index in [0.29, 0.717) is 17.3 Å². The zero-order chi connectivity index (χ0) is 11.5. The summed E-state index contributed by atoms with van der Waals surface area (Å²) in [4.78, 5) is 0.182. The quantitative estimate of drug-likeness (QED) is 0.796. The van der Waals surface area contributed by atoms with Crippen molar-refractivity contribution in [2.45, 2.75) is 11.3 Å². The van der Waals surface area contributed by atoms with E-state index in [0.717, 1.165) is 0 Å². The maximum atomic E-state index is 11.7. The van der Waals surface area contributed by atoms with Crippen molar-refractivity contribution in [2.24, 2.45) is 0 Å². The second-order valence-corrected chi connectivity index (χ2v) is 6.24. The number of rotatable bonds is 4. The Labute approximate surface area is 104 Å². The van der Waals surface area contributed by atoms with Gasteiger partial charge in [-0.05, 0) is 24.6 Å². The fraction of sp³-hybridized carbons (Fsp3) is 0.333. The zero-order valence-electron chi connectivity index (χ0n) is 7.71. The van der Waals surface area contributed by atoms with Crippen LogP contribution in [0.3, 0.4) is 0 Å². The summed E-state index contributed by atoms with van der Waals surface area (Å²) in [7, 11) is -3.29. The molecule has 0 N–H and O–H groups in total. The average Bonchev–Trinajstić information content (AvgIpc) is 2.19. The SMILES string of the molecule is O=S(=O)(CCCCl)c1ccc(Cl)c(Cl)c1. The summed E-state index contributed by atoms with van der Waals surface area (Å²) in [6, 6.07) is 4.27. The molecule has 0 aromatic heterocycles. The van der Waals surface area contributed by atoms with E-state index in [1.165, 1.54) is 18.2 Å². The first-order valence-electron chi connectivity index (χ1n) is 4.21. The maximum absolute atomic E-state index is 11.7. The van der Waals surface area contributed by atoms with Gasteiger partial charge in [-0.25, -0.2) is 8.42 Å². The van der Waals surface area contributed by atoms with Crippen molar-refractivity contribution < 1.29 is 8.42 Å². The van der Waals surface area contributed by atoms with Crippen molar-refractivity contribution >= 4 is 44.6 Å². The number of halogens is 3. The Morgan fingerprint density at radius 3 is 2.33 bits per heavy atom. The molecule has 0 aliphatic heterocycles. The van der Waals surface area contributed by atoms with E-state index in [-0.39, 0.29) is 15.7 Å². The van der Waals surface area contributed by atoms with Crippen molar-refractivity contribution in [3.8, 4) is 0 Å². The molecule has 0 amide bonds. The summed E-state index contributed by atoms with van der Waals surface area (Å²) < 4.78 is 23.4. The molecule has 84 valence electrons. The number of alkyl halides is 1. The van der Waals surface area contributed by atoms with Crippen molar-refractivity contribution in [1.29, 1.82) is 0 Å². The van der Waals surface area contributed by atoms with Crippen LogP contribution in [0.15, 0.2) is 23.1 Å². The van der Waals surface area contributed by atoms with Gasteiger partial charge in [-0.15, -0.1) is 11.6 Å². The summed E-state index contributed by atoms with van der Waals surface area (Å²) >= 11 is 16.9. The number of hydrogen-bond acceptors (Lipinski definition) is 2. The summed E-state index contributed by atoms with van der Waals surface area (Å²) in [6.45, 7) is 0. The van der Waals surface area contributed by atoms with Gasteiger partial charge < -0.3 is 0 Å². The molecule has 0 aliphatic rings. The molecular formula is C9H9Cl3O2S. The Balaban J connectivity index is 3.00. The van der Waals surface area contributed by atoms with E-state index in [2.05, 4.69) is 0 Å². The van der Waals surface area contributed by atoms with Crippen LogP contribution in [0, 0.1) is 0 Å². The van der Waals surface area contributed by atoms with Crippen LogP contribution in [-0.4, -0.2) is 20.1 Å². The summed E-state index contributed by atoms with van der Waals surface area (Å²) in [5.74, 6) is 0.342. The molecule has 1 aromatic rings. The van der Waals surface area contributed by atoms with Crippen LogP contribution in [0.1, 0.15) is 6.42 Å². The van der Waals surface area contributed by atoms with Gasteiger partial charge in [-0.3, -0.25) is 0 Å². The molecule has 0 spiro atoms. The van der Waals surface area contributed by atoms with E-state index in [9.17, 15) is 8.42 Å². The predicted octanol–water partition coefficient (Wildman–Crippen LogP) is 3.40. The van der Waals surface area contributed by atoms with E-state index in [1.54, 1.807) is 0 Å². The van der Waals surface area contributed by atoms with Crippen molar-refractivity contribution in [3.05, 3.63) is 28.2 Å². The lowest BCUT2D eigenvalue weighted by Gasteiger charge is -2.04. The molecule has 6 heteroatoms. The minimum absolute atomic E-state index is 0.0223. The number of hydrogen-bond donors (Lipinski definition) is 0. The first-order chi connectivity index (χ1) is 6.97. The molecule has 0 radical (unpaired) electrons. The van der Waals surface area contributed by atoms with Gasteiger partial charge in [-0.1, -0.05) is 23.2 Å². The highest BCUT2D eigenvalue weighted by atomic mass is 35.5. The molecule has 1 aromatic carbocycles. The Morgan fingerprint density at radius 2 is 1.80 bits per heavy atom. The Bertz CT molecular complexity index is 443. The monoisotopic (exact) mass is 286 g/mol. The summed E-state index contributed by atoms with van der Waals surface area (Å²) in [5, 5.41) is 0.580. The normalized spacial score (nSPS) is 11.7. The van der Waals surface area contributed by atoms with E-state index < -0.39 is 9.84 Å². The van der Waals surface area contributed by atoms with Crippen molar-refractivity contribution in [1.82, 2.24) is 0 Å². The molecule has 0 unspecified atom stereocenters. The maximum Gasteiger partial charge on any atom is 0.178 e. The largest absolute Gasteiger partial charge is 0.224 e. The lowest BCUT2D eigenvalue weighted by molar-refractivity contribution is 0.595. The van der Waals surface area contributed by atoms with E-state index in [4.69, 9.17) is 34.8 Å². The smallest absolute Gasteiger partial charge is 0.178 e. The first-order valence-corrected chi connectivity index (χ1v) is 7.15. The fourth-order valence-electron chi connectivity index (χ4n) is 1.03. The van der Waals surface area contributed by atoms with Gasteiger partial charge in [0.15, 0.2) is 9.84 Å². The topological polar surface area (TPSA) is 34.1 Å². The van der Waals surface area contributed by atoms with Gasteiger partial charge >= 0.3 is 0 Å². The van der Waals surface area contributed by atoms with Crippen molar-refractivity contribution in [2.75, 3.05) is 11.6 Å². The second-order valence-electron chi connectivity index (χ2n) is 2.94. The van der Waals surface area contributed by atoms with Crippen LogP contribution >= 0.6 is 34.8 Å². The van der Waals surface area contributed by atoms with Gasteiger partial charge in [0, 0.05) is 5.88 Å². The Morgan fingerprint density at radius 1 is 1.13 bits per heavy atom. The summed E-state index contributed by atoms with van der Waals surface area (Å²) in [5.41, 5.74) is 0. The lowest BCUT2D eigenvalue weighted by atomic mass is 10.4. The van der Waals surface area contributed by atoms with Gasteiger partial charge in [0.05, 0.1) is 20.7 Å². The van der Waals surface area contributed by atoms with Crippen molar-refractivity contribution in [3.63, 3.8) is 0 Å². The van der Waals surface area contributed by atoms with Gasteiger partial charge in [0.2, 0.25) is 0 Å². The predicted molar refractivity (Wildman–Crippen MR) is 63.9 cm³/mol. The first kappa shape index (κ1) is 13.1. The van der Waals surface area contributed by atoms with Crippen LogP contribution in [0.5, 0.6) is 0 Å². The number of sulfone groups is 1. The van der Waals surface area contributed by atoms with E-state index >= 15 is 0 Å². The van der Waals surface area contributed by atoms with Crippen LogP contribution in [-0.2, 0) is 9.84 Å². The highest BCUT2D eigenvalue weighted by Crippen LogP contribution is 2.25. The van der Waals surface area contributed by atoms with Gasteiger partial charge in [0.1, 0.15) is 0 Å². The van der Waals surface area contributed by atoms with Gasteiger partial charge in [-0.2, -0.15) is 0 Å². The zero-order valence-corrected chi connectivity index (χ0v) is 10.8. The Kier molecular flexibility index (Phi) is 4.71. The Hall–Kier alpha value is 0.0400. The minimum Gasteiger partial charge on any atom is -0.224 e. The molecule has 2 nitrogen and oxygen atoms in total. The van der Waals surface area contributed by atoms with Crippen LogP contribution in [0.4, 0.5) is 0 Å². The lowest BCUT2D eigenvalue weighted by Crippen LogP contribution is -2.07. The molecule has 0 bridgehead atoms. The number of benzene rings is 1. The second kappa shape index (κ2) is 5.39. The molecule has 0 saturated carbocycles. The molecule has 0 heterocycles. The third kappa shape index (κ3) is 3.52. The highest BCUT2D eigenvalue weighted by Gasteiger charge is 2.14.